The molecule has 0 unspecified atom stereocenters. The zero-order valence-electron chi connectivity index (χ0n) is 50.7. The van der Waals surface area contributed by atoms with Gasteiger partial charge in [-0.2, -0.15) is 8.78 Å². The average Bonchev–Trinajstić information content (AvgIpc) is 1.54. The first-order valence-corrected chi connectivity index (χ1v) is 34.1. The Morgan fingerprint density at radius 2 is 1.27 bits per heavy atom. The molecule has 4 aromatic heterocycles. The molecule has 2 saturated heterocycles. The summed E-state index contributed by atoms with van der Waals surface area (Å²) in [7, 11) is -1.45. The smallest absolute Gasteiger partial charge is 0.418 e. The Morgan fingerprint density at radius 3 is 1.71 bits per heavy atom. The number of carbonyl (C=O) groups is 3. The number of aliphatic carboxylic acids is 1. The molecule has 2 aliphatic carbocycles. The maximum absolute atomic E-state index is 15.5. The molecule has 4 N–H and O–H groups in total. The van der Waals surface area contributed by atoms with Crippen molar-refractivity contribution in [2.75, 3.05) is 39.5 Å². The van der Waals surface area contributed by atoms with Gasteiger partial charge in [0.2, 0.25) is 29.2 Å². The number of nitrogens with one attached hydrogen (secondary N) is 1. The predicted octanol–water partition coefficient (Wildman–Crippen LogP) is 13.3. The molecule has 480 valence electrons. The lowest BCUT2D eigenvalue weighted by Crippen LogP contribution is -2.50. The molecule has 4 aromatic rings. The van der Waals surface area contributed by atoms with Gasteiger partial charge in [0.05, 0.1) is 35.6 Å². The number of amides is 2. The number of ether oxygens (including phenoxy) is 2. The number of amidine groups is 2. The van der Waals surface area contributed by atoms with Crippen LogP contribution in [0.25, 0.3) is 33.5 Å². The fraction of sp³-hybridized carbons (Fsp3) is 0.492. The molecule has 18 nitrogen and oxygen atoms in total. The molecule has 0 spiro atoms. The molecule has 0 bridgehead atoms. The second-order valence-electron chi connectivity index (χ2n) is 25.2. The monoisotopic (exact) mass is 1310 g/mol. The van der Waals surface area contributed by atoms with Crippen molar-refractivity contribution in [3.63, 3.8) is 0 Å². The highest BCUT2D eigenvalue weighted by atomic mass is 32.2. The van der Waals surface area contributed by atoms with Crippen molar-refractivity contribution in [1.29, 1.82) is 0 Å². The third-order valence-electron chi connectivity index (χ3n) is 16.0. The number of fused-ring (bicyclic) bond motifs is 2. The molecule has 8 heterocycles. The first-order chi connectivity index (χ1) is 42.1. The zero-order valence-corrected chi connectivity index (χ0v) is 53.3. The number of pyridine rings is 4. The fourth-order valence-corrected chi connectivity index (χ4v) is 14.4. The normalized spacial score (nSPS) is 25.7. The van der Waals surface area contributed by atoms with Crippen molar-refractivity contribution < 1.29 is 64.1 Å². The van der Waals surface area contributed by atoms with Crippen molar-refractivity contribution in [1.82, 2.24) is 35.1 Å². The number of alkyl halides is 4. The number of nitrogens with zero attached hydrogens (tertiary/aromatic N) is 10. The highest BCUT2D eigenvalue weighted by molar-refractivity contribution is 8.16. The number of aliphatic imine (C=N–C) groups is 2. The number of aromatic nitrogens is 4. The zero-order chi connectivity index (χ0) is 66.0. The summed E-state index contributed by atoms with van der Waals surface area (Å²) < 4.78 is 121. The molecule has 0 radical (unpaired) electrons. The number of halogens is 8. The van der Waals surface area contributed by atoms with E-state index in [0.717, 1.165) is 52.8 Å². The number of thioether (sulfide) groups is 2. The molecule has 4 aliphatic heterocycles. The number of carbonyl (C=O) groups excluding carboxylic acids is 2. The Labute approximate surface area is 525 Å². The van der Waals surface area contributed by atoms with Gasteiger partial charge < -0.3 is 30.5 Å². The van der Waals surface area contributed by atoms with Crippen LogP contribution in [-0.4, -0.2) is 138 Å². The summed E-state index contributed by atoms with van der Waals surface area (Å²) >= 11 is 2.01. The van der Waals surface area contributed by atoms with Gasteiger partial charge in [0.15, 0.2) is 10.3 Å². The van der Waals surface area contributed by atoms with Crippen LogP contribution in [0.5, 0.6) is 0 Å². The van der Waals surface area contributed by atoms with E-state index in [1.54, 1.807) is 34.6 Å². The molecule has 4 fully saturated rings. The molecule has 6 atom stereocenters. The van der Waals surface area contributed by atoms with Crippen LogP contribution in [0, 0.1) is 36.9 Å². The Kier molecular flexibility index (Phi) is 20.2. The number of hydrogen-bond acceptors (Lipinski definition) is 15. The third-order valence-corrected chi connectivity index (χ3v) is 20.4. The van der Waals surface area contributed by atoms with Crippen LogP contribution in [-0.2, 0) is 30.1 Å². The highest BCUT2D eigenvalue weighted by Gasteiger charge is 2.73. The average molecular weight is 1310 g/mol. The first-order valence-electron chi connectivity index (χ1n) is 28.7. The van der Waals surface area contributed by atoms with Gasteiger partial charge in [-0.05, 0) is 101 Å². The summed E-state index contributed by atoms with van der Waals surface area (Å²) in [5.74, 6) is -10.9. The van der Waals surface area contributed by atoms with E-state index in [0.29, 0.717) is 26.1 Å². The van der Waals surface area contributed by atoms with Gasteiger partial charge in [0.25, 0.3) is 11.8 Å². The SMILES string of the molecule is FC1(F)CCNCC1.[C-]#[N+]c1ccc(/C(F)=C/c2cnc(F)c([C@@]3(C)N=C(N(COCC[Si](C)(C)C)C(=O)OC(C)(C)C)S[C@@]4(C(=O)O)C[C@H]43)c2)nc1.[C-]#[N+]c1ccc(/C(F)=C/c2cnc(F)c([C@@]3(C)N=C(N)S[C@@]4(C(=O)N5CCC(F)(F)CC5)C[C@H]43)c2)nc1. The van der Waals surface area contributed by atoms with E-state index in [-0.39, 0.29) is 100 Å². The van der Waals surface area contributed by atoms with E-state index in [4.69, 9.17) is 33.3 Å². The van der Waals surface area contributed by atoms with Gasteiger partial charge in [-0.25, -0.2) is 55.7 Å². The molecule has 2 amide bonds. The number of rotatable bonds is 13. The van der Waals surface area contributed by atoms with Crippen LogP contribution >= 0.6 is 23.5 Å². The Balaban J connectivity index is 0.000000209. The number of carboxylic acid groups (broad SMARTS) is 1. The minimum absolute atomic E-state index is 0.000246. The van der Waals surface area contributed by atoms with E-state index in [1.807, 2.05) is 0 Å². The minimum Gasteiger partial charge on any atom is -0.480 e. The second-order valence-corrected chi connectivity index (χ2v) is 33.4. The van der Waals surface area contributed by atoms with Gasteiger partial charge in [-0.15, -0.1) is 0 Å². The molecule has 6 aliphatic rings. The lowest BCUT2D eigenvalue weighted by molar-refractivity contribution is -0.138. The van der Waals surface area contributed by atoms with Gasteiger partial charge >= 0.3 is 12.1 Å². The van der Waals surface area contributed by atoms with Crippen molar-refractivity contribution >= 4 is 95.1 Å². The van der Waals surface area contributed by atoms with E-state index in [2.05, 4.69) is 59.6 Å². The lowest BCUT2D eigenvalue weighted by Gasteiger charge is -2.38. The maximum Gasteiger partial charge on any atom is 0.418 e. The maximum atomic E-state index is 15.5. The predicted molar refractivity (Wildman–Crippen MR) is 330 cm³/mol. The Hall–Kier alpha value is -7.31. The highest BCUT2D eigenvalue weighted by Crippen LogP contribution is 2.68. The molecule has 90 heavy (non-hydrogen) atoms. The molecular weight excluding hydrogens is 1240 g/mol. The van der Waals surface area contributed by atoms with Crippen molar-refractivity contribution in [3.05, 3.63) is 130 Å². The molecule has 0 aromatic carbocycles. The number of piperidine rings is 2. The van der Waals surface area contributed by atoms with Crippen LogP contribution in [0.2, 0.25) is 25.7 Å². The van der Waals surface area contributed by atoms with E-state index in [1.165, 1.54) is 59.9 Å². The minimum atomic E-state index is -2.79. The van der Waals surface area contributed by atoms with Crippen molar-refractivity contribution in [3.8, 4) is 0 Å². The van der Waals surface area contributed by atoms with Crippen molar-refractivity contribution in [2.45, 2.75) is 137 Å². The molecular formula is C61H68F8N12O6S2Si. The topological polar surface area (TPSA) is 219 Å². The van der Waals surface area contributed by atoms with Crippen LogP contribution < -0.4 is 11.1 Å². The first kappa shape index (κ1) is 68.6. The summed E-state index contributed by atoms with van der Waals surface area (Å²) in [6.45, 7) is 29.9. The molecule has 2 saturated carbocycles. The van der Waals surface area contributed by atoms with Crippen molar-refractivity contribution in [2.24, 2.45) is 27.6 Å². The van der Waals surface area contributed by atoms with Gasteiger partial charge in [0.1, 0.15) is 33.5 Å². The van der Waals surface area contributed by atoms with Crippen LogP contribution in [0.4, 0.5) is 51.3 Å². The fourth-order valence-electron chi connectivity index (χ4n) is 10.7. The summed E-state index contributed by atoms with van der Waals surface area (Å²) in [4.78, 5) is 73.4. The lowest BCUT2D eigenvalue weighted by atomic mass is 9.86. The quantitative estimate of drug-likeness (QED) is 0.0283. The van der Waals surface area contributed by atoms with E-state index >= 15 is 13.2 Å². The summed E-state index contributed by atoms with van der Waals surface area (Å²) in [6.07, 6.45) is 5.99. The standard InChI is InChI=1S/C31H37F2N5O5SSi.C25H22F4N6OS.C5H9F2N/c1-29(2,3)43-28(41)38(18-42-11-12-45(6,7)8)27-37-30(4,24-15-31(24,44-27)26(39)40)21-13-19(16-36-25(21)33)14-22(32)23-10-9-20(34-5)17-35-23;1-23(16-9-14(12-33-20(16)27)10-17(26)18-4-3-15(31-2)13-32-18)19-11-25(19,37-22(30)34-23)21(36)35-7-5-24(28,29)6-8-35;6-5(7)1-3-8-4-2-5/h9-10,13-14,16-17,24H,11-12,15,18H2,1-4,6-8H3,(H,39,40);3-4,9-10,12-13,19H,5-8,11H2,1H3,(H2,30,34);8H,1-4H2/b22-14-;17-10-;/t24-,30+,31-;19-,23+,25-;/m00./s1. The molecule has 10 rings (SSSR count). The Bertz CT molecular complexity index is 3600. The number of nitrogens with two attached hydrogens (primary N) is 1. The van der Waals surface area contributed by atoms with Gasteiger partial charge in [-0.1, -0.05) is 55.3 Å². The summed E-state index contributed by atoms with van der Waals surface area (Å²) in [6, 6.07) is 9.20. The van der Waals surface area contributed by atoms with Gasteiger partial charge in [0, 0.05) is 114 Å². The third kappa shape index (κ3) is 15.9. The number of carboxylic acids is 1. The van der Waals surface area contributed by atoms with Crippen LogP contribution in [0.3, 0.4) is 0 Å². The van der Waals surface area contributed by atoms with Gasteiger partial charge in [-0.3, -0.25) is 29.5 Å². The largest absolute Gasteiger partial charge is 0.480 e. The van der Waals surface area contributed by atoms with E-state index < -0.39 is 106 Å². The van der Waals surface area contributed by atoms with Crippen LogP contribution in [0.15, 0.2) is 71.2 Å². The summed E-state index contributed by atoms with van der Waals surface area (Å²) in [5, 5.41) is 13.3. The molecule has 29 heteroatoms. The Morgan fingerprint density at radius 1 is 0.778 bits per heavy atom. The summed E-state index contributed by atoms with van der Waals surface area (Å²) in [5.41, 5.74) is 3.43. The van der Waals surface area contributed by atoms with E-state index in [9.17, 15) is 41.4 Å². The number of hydrogen-bond donors (Lipinski definition) is 3. The van der Waals surface area contributed by atoms with Crippen LogP contribution in [0.1, 0.15) is 107 Å². The second kappa shape index (κ2) is 26.5. The number of likely N-dealkylation sites (tertiary alicyclic amines) is 1.